The fourth-order valence-electron chi connectivity index (χ4n) is 1.22. The number of aliphatic hydroxyl groups is 1. The van der Waals surface area contributed by atoms with Gasteiger partial charge in [0.15, 0.2) is 0 Å². The lowest BCUT2D eigenvalue weighted by Crippen LogP contribution is -2.49. The van der Waals surface area contributed by atoms with Gasteiger partial charge in [0, 0.05) is 12.6 Å². The standard InChI is InChI=1S/C9H19N3O3/c1-3-7(4-5-13)11-6(2)8(14)12-9(10)15/h6-7,11,13H,3-5H2,1-2H3,(H3,10,12,14,15). The molecule has 0 saturated heterocycles. The molecule has 0 aromatic rings. The van der Waals surface area contributed by atoms with Crippen molar-refractivity contribution < 1.29 is 14.7 Å². The number of hydrogen-bond acceptors (Lipinski definition) is 4. The number of hydrogen-bond donors (Lipinski definition) is 4. The molecule has 2 atom stereocenters. The molecule has 0 fully saturated rings. The van der Waals surface area contributed by atoms with Crippen LogP contribution in [0, 0.1) is 0 Å². The van der Waals surface area contributed by atoms with Gasteiger partial charge >= 0.3 is 6.03 Å². The number of primary amides is 1. The van der Waals surface area contributed by atoms with Crippen molar-refractivity contribution in [3.8, 4) is 0 Å². The smallest absolute Gasteiger partial charge is 0.318 e. The van der Waals surface area contributed by atoms with Crippen molar-refractivity contribution in [1.82, 2.24) is 10.6 Å². The summed E-state index contributed by atoms with van der Waals surface area (Å²) in [6.45, 7) is 3.65. The molecule has 0 aliphatic rings. The van der Waals surface area contributed by atoms with Gasteiger partial charge in [-0.25, -0.2) is 4.79 Å². The number of imide groups is 1. The van der Waals surface area contributed by atoms with Gasteiger partial charge in [0.05, 0.1) is 6.04 Å². The van der Waals surface area contributed by atoms with Crippen LogP contribution in [-0.4, -0.2) is 35.7 Å². The van der Waals surface area contributed by atoms with E-state index < -0.39 is 18.0 Å². The van der Waals surface area contributed by atoms with Crippen molar-refractivity contribution in [2.75, 3.05) is 6.61 Å². The average Bonchev–Trinajstić information content (AvgIpc) is 2.15. The summed E-state index contributed by atoms with van der Waals surface area (Å²) in [6.07, 6.45) is 1.37. The third-order valence-electron chi connectivity index (χ3n) is 2.10. The van der Waals surface area contributed by atoms with E-state index in [1.807, 2.05) is 12.2 Å². The van der Waals surface area contributed by atoms with E-state index in [2.05, 4.69) is 5.32 Å². The average molecular weight is 217 g/mol. The number of rotatable bonds is 6. The Bertz CT molecular complexity index is 221. The molecular weight excluding hydrogens is 198 g/mol. The second kappa shape index (κ2) is 7.19. The van der Waals surface area contributed by atoms with Crippen LogP contribution in [0.3, 0.4) is 0 Å². The van der Waals surface area contributed by atoms with Crippen molar-refractivity contribution in [3.63, 3.8) is 0 Å². The second-order valence-corrected chi connectivity index (χ2v) is 3.36. The van der Waals surface area contributed by atoms with Crippen molar-refractivity contribution >= 4 is 11.9 Å². The quantitative estimate of drug-likeness (QED) is 0.473. The van der Waals surface area contributed by atoms with Gasteiger partial charge in [0.2, 0.25) is 5.91 Å². The molecular formula is C9H19N3O3. The predicted octanol–water partition coefficient (Wildman–Crippen LogP) is -0.680. The Morgan fingerprint density at radius 3 is 2.47 bits per heavy atom. The first-order valence-corrected chi connectivity index (χ1v) is 4.98. The zero-order valence-corrected chi connectivity index (χ0v) is 9.12. The van der Waals surface area contributed by atoms with Crippen molar-refractivity contribution in [1.29, 1.82) is 0 Å². The minimum absolute atomic E-state index is 0.0589. The zero-order chi connectivity index (χ0) is 11.8. The summed E-state index contributed by atoms with van der Waals surface area (Å²) >= 11 is 0. The highest BCUT2D eigenvalue weighted by Gasteiger charge is 2.17. The van der Waals surface area contributed by atoms with Gasteiger partial charge in [-0.2, -0.15) is 0 Å². The van der Waals surface area contributed by atoms with Gasteiger partial charge in [-0.3, -0.25) is 10.1 Å². The lowest BCUT2D eigenvalue weighted by Gasteiger charge is -2.20. The summed E-state index contributed by atoms with van der Waals surface area (Å²) in [5.74, 6) is -0.459. The fourth-order valence-corrected chi connectivity index (χ4v) is 1.22. The molecule has 3 amide bonds. The molecule has 0 aromatic heterocycles. The Balaban J connectivity index is 4.03. The summed E-state index contributed by atoms with van der Waals surface area (Å²) in [7, 11) is 0. The van der Waals surface area contributed by atoms with Crippen molar-refractivity contribution in [2.24, 2.45) is 5.73 Å². The van der Waals surface area contributed by atoms with Crippen LogP contribution in [-0.2, 0) is 4.79 Å². The molecule has 0 heterocycles. The van der Waals surface area contributed by atoms with Gasteiger partial charge in [-0.15, -0.1) is 0 Å². The van der Waals surface area contributed by atoms with Crippen molar-refractivity contribution in [2.45, 2.75) is 38.8 Å². The molecule has 0 radical (unpaired) electrons. The Labute approximate surface area is 89.2 Å². The largest absolute Gasteiger partial charge is 0.396 e. The van der Waals surface area contributed by atoms with E-state index in [1.165, 1.54) is 0 Å². The van der Waals surface area contributed by atoms with Crippen LogP contribution in [0.1, 0.15) is 26.7 Å². The van der Waals surface area contributed by atoms with Crippen LogP contribution in [0.4, 0.5) is 4.79 Å². The molecule has 0 spiro atoms. The third kappa shape index (κ3) is 6.03. The molecule has 15 heavy (non-hydrogen) atoms. The van der Waals surface area contributed by atoms with E-state index in [0.717, 1.165) is 6.42 Å². The Kier molecular flexibility index (Phi) is 6.64. The monoisotopic (exact) mass is 217 g/mol. The second-order valence-electron chi connectivity index (χ2n) is 3.36. The summed E-state index contributed by atoms with van der Waals surface area (Å²) in [5, 5.41) is 13.7. The number of aliphatic hydroxyl groups excluding tert-OH is 1. The van der Waals surface area contributed by atoms with E-state index in [1.54, 1.807) is 6.92 Å². The number of urea groups is 1. The summed E-state index contributed by atoms with van der Waals surface area (Å²) in [5.41, 5.74) is 4.81. The first kappa shape index (κ1) is 13.9. The lowest BCUT2D eigenvalue weighted by molar-refractivity contribution is -0.121. The molecule has 0 rings (SSSR count). The molecule has 5 N–H and O–H groups in total. The molecule has 0 aliphatic carbocycles. The Morgan fingerprint density at radius 1 is 1.47 bits per heavy atom. The lowest BCUT2D eigenvalue weighted by atomic mass is 10.1. The summed E-state index contributed by atoms with van der Waals surface area (Å²) in [6, 6.07) is -1.30. The number of nitrogens with one attached hydrogen (secondary N) is 2. The highest BCUT2D eigenvalue weighted by molar-refractivity contribution is 5.96. The van der Waals surface area contributed by atoms with Crippen LogP contribution in [0.15, 0.2) is 0 Å². The van der Waals surface area contributed by atoms with Crippen LogP contribution < -0.4 is 16.4 Å². The maximum absolute atomic E-state index is 11.3. The highest BCUT2D eigenvalue weighted by Crippen LogP contribution is 1.98. The normalized spacial score (nSPS) is 14.3. The number of nitrogens with two attached hydrogens (primary N) is 1. The van der Waals surface area contributed by atoms with Gasteiger partial charge in [0.1, 0.15) is 0 Å². The topological polar surface area (TPSA) is 104 Å². The highest BCUT2D eigenvalue weighted by atomic mass is 16.3. The molecule has 0 saturated carbocycles. The predicted molar refractivity (Wildman–Crippen MR) is 56.1 cm³/mol. The van der Waals surface area contributed by atoms with Gasteiger partial charge < -0.3 is 16.2 Å². The zero-order valence-electron chi connectivity index (χ0n) is 9.12. The summed E-state index contributed by atoms with van der Waals surface area (Å²) < 4.78 is 0. The molecule has 6 nitrogen and oxygen atoms in total. The van der Waals surface area contributed by atoms with E-state index in [-0.39, 0.29) is 12.6 Å². The molecule has 0 aliphatic heterocycles. The van der Waals surface area contributed by atoms with E-state index in [4.69, 9.17) is 10.8 Å². The first-order chi connectivity index (χ1) is 7.01. The van der Waals surface area contributed by atoms with Crippen LogP contribution in [0.2, 0.25) is 0 Å². The number of amides is 3. The third-order valence-corrected chi connectivity index (χ3v) is 2.10. The minimum Gasteiger partial charge on any atom is -0.396 e. The fraction of sp³-hybridized carbons (Fsp3) is 0.778. The molecule has 2 unspecified atom stereocenters. The molecule has 88 valence electrons. The van der Waals surface area contributed by atoms with Gasteiger partial charge in [-0.1, -0.05) is 6.92 Å². The molecule has 6 heteroatoms. The maximum Gasteiger partial charge on any atom is 0.318 e. The van der Waals surface area contributed by atoms with Gasteiger partial charge in [0.25, 0.3) is 0 Å². The SMILES string of the molecule is CCC(CCO)NC(C)C(=O)NC(N)=O. The maximum atomic E-state index is 11.3. The van der Waals surface area contributed by atoms with E-state index in [0.29, 0.717) is 6.42 Å². The number of carbonyl (C=O) groups excluding carboxylic acids is 2. The Morgan fingerprint density at radius 2 is 2.07 bits per heavy atom. The summed E-state index contributed by atoms with van der Waals surface area (Å²) in [4.78, 5) is 21.7. The van der Waals surface area contributed by atoms with E-state index in [9.17, 15) is 9.59 Å². The van der Waals surface area contributed by atoms with Crippen LogP contribution in [0.25, 0.3) is 0 Å². The molecule has 0 aromatic carbocycles. The Hall–Kier alpha value is -1.14. The number of carbonyl (C=O) groups is 2. The van der Waals surface area contributed by atoms with Gasteiger partial charge in [-0.05, 0) is 19.8 Å². The van der Waals surface area contributed by atoms with Crippen LogP contribution >= 0.6 is 0 Å². The van der Waals surface area contributed by atoms with Crippen molar-refractivity contribution in [3.05, 3.63) is 0 Å². The first-order valence-electron chi connectivity index (χ1n) is 4.98. The molecule has 0 bridgehead atoms. The minimum atomic E-state index is -0.858. The van der Waals surface area contributed by atoms with E-state index >= 15 is 0 Å². The van der Waals surface area contributed by atoms with Crippen LogP contribution in [0.5, 0.6) is 0 Å².